The molecule has 1 saturated carbocycles. The Bertz CT molecular complexity index is 1450. The number of furan rings is 1. The molecule has 1 aliphatic carbocycles. The van der Waals surface area contributed by atoms with Gasteiger partial charge in [0.25, 0.3) is 10.0 Å². The Morgan fingerprint density at radius 2 is 2.06 bits per heavy atom. The molecule has 0 saturated heterocycles. The number of amides is 2. The smallest absolute Gasteiger partial charge is 0.333 e. The molecule has 2 amide bonds. The van der Waals surface area contributed by atoms with Crippen LogP contribution in [0.3, 0.4) is 0 Å². The highest BCUT2D eigenvalue weighted by Crippen LogP contribution is 2.37. The first kappa shape index (κ1) is 25.3. The van der Waals surface area contributed by atoms with Crippen LogP contribution in [0, 0.1) is 23.1 Å². The first-order valence-corrected chi connectivity index (χ1v) is 12.8. The van der Waals surface area contributed by atoms with Gasteiger partial charge in [-0.3, -0.25) is 0 Å². The number of anilines is 1. The number of nitrogens with one attached hydrogen (secondary N) is 2. The van der Waals surface area contributed by atoms with Crippen molar-refractivity contribution >= 4 is 21.7 Å². The number of benzene rings is 1. The van der Waals surface area contributed by atoms with Crippen molar-refractivity contribution in [2.45, 2.75) is 50.2 Å². The van der Waals surface area contributed by atoms with E-state index in [2.05, 4.69) is 10.3 Å². The van der Waals surface area contributed by atoms with E-state index in [4.69, 9.17) is 4.42 Å². The Balaban J connectivity index is 1.68. The molecule has 0 bridgehead atoms. The maximum atomic E-state index is 14.6. The van der Waals surface area contributed by atoms with Gasteiger partial charge in [0.15, 0.2) is 0 Å². The molecule has 0 radical (unpaired) electrons. The number of aromatic nitrogens is 1. The number of hydrogen-bond acceptors (Lipinski definition) is 7. The van der Waals surface area contributed by atoms with Crippen LogP contribution < -0.4 is 10.0 Å². The van der Waals surface area contributed by atoms with Gasteiger partial charge in [-0.25, -0.2) is 18.9 Å². The lowest BCUT2D eigenvalue weighted by Crippen LogP contribution is -2.34. The van der Waals surface area contributed by atoms with Gasteiger partial charge in [-0.2, -0.15) is 13.7 Å². The molecule has 1 fully saturated rings. The van der Waals surface area contributed by atoms with Gasteiger partial charge in [0, 0.05) is 23.4 Å². The van der Waals surface area contributed by atoms with Crippen LogP contribution >= 0.6 is 0 Å². The summed E-state index contributed by atoms with van der Waals surface area (Å²) in [5.41, 5.74) is 0.468. The topological polar surface area (TPSA) is 145 Å². The van der Waals surface area contributed by atoms with E-state index in [-0.39, 0.29) is 22.5 Å². The van der Waals surface area contributed by atoms with Crippen LogP contribution in [-0.2, 0) is 22.0 Å². The van der Waals surface area contributed by atoms with Crippen molar-refractivity contribution in [3.05, 3.63) is 65.4 Å². The molecule has 3 aromatic rings. The monoisotopic (exact) mass is 512 g/mol. The summed E-state index contributed by atoms with van der Waals surface area (Å²) in [7, 11) is -4.41. The number of pyridine rings is 1. The van der Waals surface area contributed by atoms with Crippen molar-refractivity contribution in [1.29, 1.82) is 5.26 Å². The highest BCUT2D eigenvalue weighted by atomic mass is 32.2. The molecular formula is C25H25FN4O5S. The third kappa shape index (κ3) is 5.56. The van der Waals surface area contributed by atoms with E-state index >= 15 is 0 Å². The Morgan fingerprint density at radius 1 is 1.31 bits per heavy atom. The van der Waals surface area contributed by atoms with Crippen molar-refractivity contribution in [2.75, 3.05) is 5.32 Å². The summed E-state index contributed by atoms with van der Waals surface area (Å²) in [4.78, 5) is 16.8. The van der Waals surface area contributed by atoms with E-state index in [0.29, 0.717) is 23.5 Å². The average molecular weight is 513 g/mol. The number of halogens is 1. The fourth-order valence-corrected chi connectivity index (χ4v) is 4.81. The lowest BCUT2D eigenvalue weighted by molar-refractivity contribution is 0.0779. The largest absolute Gasteiger partial charge is 0.451 e. The van der Waals surface area contributed by atoms with Crippen LogP contribution in [0.5, 0.6) is 0 Å². The SMILES string of the molecule is CC(C)(O)c1coc(S(=O)(=O)NC(=O)Nc2c(CC3CCC3)cc(F)cc2-c2ccnc(C#N)c2)c1. The molecule has 0 atom stereocenters. The molecule has 4 rings (SSSR count). The molecule has 11 heteroatoms. The normalized spacial score (nSPS) is 14.1. The highest BCUT2D eigenvalue weighted by Gasteiger charge is 2.28. The molecular weight excluding hydrogens is 487 g/mol. The number of urea groups is 1. The van der Waals surface area contributed by atoms with Crippen LogP contribution in [0.25, 0.3) is 11.1 Å². The summed E-state index contributed by atoms with van der Waals surface area (Å²) < 4.78 is 47.1. The number of carbonyl (C=O) groups is 1. The van der Waals surface area contributed by atoms with Crippen molar-refractivity contribution < 1.29 is 27.1 Å². The number of nitriles is 1. The number of aliphatic hydroxyl groups is 1. The molecule has 2 aromatic heterocycles. The van der Waals surface area contributed by atoms with E-state index in [1.54, 1.807) is 6.07 Å². The van der Waals surface area contributed by atoms with Crippen molar-refractivity contribution in [3.63, 3.8) is 0 Å². The van der Waals surface area contributed by atoms with E-state index in [0.717, 1.165) is 31.6 Å². The lowest BCUT2D eigenvalue weighted by atomic mass is 9.80. The average Bonchev–Trinajstić information content (AvgIpc) is 3.29. The van der Waals surface area contributed by atoms with Gasteiger partial charge in [-0.05, 0) is 61.6 Å². The zero-order chi connectivity index (χ0) is 26.1. The molecule has 1 aliphatic rings. The Kier molecular flexibility index (Phi) is 6.84. The summed E-state index contributed by atoms with van der Waals surface area (Å²) in [6.07, 6.45) is 6.01. The predicted octanol–water partition coefficient (Wildman–Crippen LogP) is 4.43. The quantitative estimate of drug-likeness (QED) is 0.424. The van der Waals surface area contributed by atoms with Crippen molar-refractivity contribution in [2.24, 2.45) is 5.92 Å². The maximum Gasteiger partial charge on any atom is 0.333 e. The summed E-state index contributed by atoms with van der Waals surface area (Å²) in [6.45, 7) is 2.93. The fourth-order valence-electron chi connectivity index (χ4n) is 3.96. The molecule has 36 heavy (non-hydrogen) atoms. The Labute approximate surface area is 208 Å². The van der Waals surface area contributed by atoms with Gasteiger partial charge in [0.05, 0.1) is 17.6 Å². The predicted molar refractivity (Wildman–Crippen MR) is 129 cm³/mol. The van der Waals surface area contributed by atoms with Crippen LogP contribution in [0.4, 0.5) is 14.9 Å². The standard InChI is InChI=1S/C25H25FN4O5S/c1-25(2,32)18-11-22(35-14-18)36(33,34)30-24(31)29-23-17(8-15-4-3-5-15)9-19(26)12-21(23)16-6-7-28-20(10-16)13-27/h6-7,9-12,14-15,32H,3-5,8H2,1-2H3,(H2,29,30,31). The number of carbonyl (C=O) groups excluding carboxylic acids is 1. The first-order valence-electron chi connectivity index (χ1n) is 11.3. The van der Waals surface area contributed by atoms with E-state index in [1.165, 1.54) is 38.2 Å². The molecule has 0 aliphatic heterocycles. The molecule has 188 valence electrons. The van der Waals surface area contributed by atoms with Crippen LogP contribution in [0.15, 0.2) is 52.3 Å². The third-order valence-corrected chi connectivity index (χ3v) is 7.31. The van der Waals surface area contributed by atoms with Crippen molar-refractivity contribution in [3.8, 4) is 17.2 Å². The Hall–Kier alpha value is -3.75. The highest BCUT2D eigenvalue weighted by molar-refractivity contribution is 7.89. The van der Waals surface area contributed by atoms with Crippen molar-refractivity contribution in [1.82, 2.24) is 9.71 Å². The fraction of sp³-hybridized carbons (Fsp3) is 0.320. The molecule has 9 nitrogen and oxygen atoms in total. The third-order valence-electron chi connectivity index (χ3n) is 6.12. The summed E-state index contributed by atoms with van der Waals surface area (Å²) in [5, 5.41) is 21.3. The molecule has 3 N–H and O–H groups in total. The number of sulfonamides is 1. The molecule has 0 spiro atoms. The number of nitrogens with zero attached hydrogens (tertiary/aromatic N) is 2. The zero-order valence-corrected chi connectivity index (χ0v) is 20.5. The Morgan fingerprint density at radius 3 is 2.67 bits per heavy atom. The van der Waals surface area contributed by atoms with Gasteiger partial charge < -0.3 is 14.8 Å². The second kappa shape index (κ2) is 9.72. The van der Waals surface area contributed by atoms with Gasteiger partial charge >= 0.3 is 6.03 Å². The molecule has 0 unspecified atom stereocenters. The van der Waals surface area contributed by atoms with Gasteiger partial charge in [0.2, 0.25) is 5.09 Å². The minimum Gasteiger partial charge on any atom is -0.451 e. The number of rotatable bonds is 7. The van der Waals surface area contributed by atoms with Gasteiger partial charge in [-0.15, -0.1) is 0 Å². The minimum absolute atomic E-state index is 0.107. The van der Waals surface area contributed by atoms with Crippen LogP contribution in [0.1, 0.15) is 49.9 Å². The summed E-state index contributed by atoms with van der Waals surface area (Å²) in [5.74, 6) is -0.203. The molecule has 1 aromatic carbocycles. The van der Waals surface area contributed by atoms with Crippen LogP contribution in [-0.4, -0.2) is 24.5 Å². The number of hydrogen-bond donors (Lipinski definition) is 3. The lowest BCUT2D eigenvalue weighted by Gasteiger charge is -2.27. The van der Waals surface area contributed by atoms with E-state index in [9.17, 15) is 28.0 Å². The maximum absolute atomic E-state index is 14.6. The summed E-state index contributed by atoms with van der Waals surface area (Å²) in [6, 6.07) is 7.55. The second-order valence-corrected chi connectivity index (χ2v) is 10.9. The second-order valence-electron chi connectivity index (χ2n) is 9.30. The van der Waals surface area contributed by atoms with E-state index < -0.39 is 32.6 Å². The van der Waals surface area contributed by atoms with Gasteiger partial charge in [0.1, 0.15) is 17.6 Å². The minimum atomic E-state index is -4.41. The van der Waals surface area contributed by atoms with Gasteiger partial charge in [-0.1, -0.05) is 19.3 Å². The van der Waals surface area contributed by atoms with E-state index in [1.807, 2.05) is 10.8 Å². The molecule has 2 heterocycles. The first-order chi connectivity index (χ1) is 17.0. The summed E-state index contributed by atoms with van der Waals surface area (Å²) >= 11 is 0. The zero-order valence-electron chi connectivity index (χ0n) is 19.7. The van der Waals surface area contributed by atoms with Crippen LogP contribution in [0.2, 0.25) is 0 Å².